The minimum Gasteiger partial charge on any atom is -0.508 e. The third-order valence-corrected chi connectivity index (χ3v) is 7.22. The molecule has 27 heavy (non-hydrogen) atoms. The topological polar surface area (TPSA) is 37.3 Å². The highest BCUT2D eigenvalue weighted by molar-refractivity contribution is 5.75. The zero-order chi connectivity index (χ0) is 18.4. The number of aldehydes is 1. The summed E-state index contributed by atoms with van der Waals surface area (Å²) >= 11 is 0. The smallest absolute Gasteiger partial charge is 0.142 e. The van der Waals surface area contributed by atoms with Crippen molar-refractivity contribution in [1.82, 2.24) is 0 Å². The van der Waals surface area contributed by atoms with Crippen molar-refractivity contribution >= 4 is 12.4 Å². The molecule has 0 aliphatic heterocycles. The Morgan fingerprint density at radius 2 is 1.44 bits per heavy atom. The van der Waals surface area contributed by atoms with Crippen molar-refractivity contribution in [3.63, 3.8) is 0 Å². The number of phenols is 1. The average Bonchev–Trinajstić information content (AvgIpc) is 2.66. The second-order valence-corrected chi connectivity index (χ2v) is 9.05. The molecule has 0 atom stereocenters. The molecule has 0 heterocycles. The Balaban J connectivity index is 1.50. The van der Waals surface area contributed by atoms with Crippen LogP contribution in [0.15, 0.2) is 48.5 Å². The van der Waals surface area contributed by atoms with Crippen molar-refractivity contribution in [1.29, 1.82) is 0 Å². The monoisotopic (exact) mass is 358 g/mol. The van der Waals surface area contributed by atoms with Crippen molar-refractivity contribution in [2.75, 3.05) is 0 Å². The summed E-state index contributed by atoms with van der Waals surface area (Å²) in [5.74, 6) is 3.07. The molecular formula is C25H26O2. The second-order valence-electron chi connectivity index (χ2n) is 9.05. The molecule has 2 aromatic carbocycles. The predicted molar refractivity (Wildman–Crippen MR) is 108 cm³/mol. The molecule has 0 amide bonds. The molecule has 0 unspecified atom stereocenters. The lowest BCUT2D eigenvalue weighted by atomic mass is 9.48. The Morgan fingerprint density at radius 3 is 2.04 bits per heavy atom. The normalized spacial score (nSPS) is 31.5. The zero-order valence-corrected chi connectivity index (χ0v) is 15.6. The summed E-state index contributed by atoms with van der Waals surface area (Å²) in [6.45, 7) is 0. The van der Waals surface area contributed by atoms with Gasteiger partial charge in [-0.25, -0.2) is 0 Å². The van der Waals surface area contributed by atoms with Crippen LogP contribution in [0.25, 0.3) is 17.2 Å². The molecule has 4 fully saturated rings. The van der Waals surface area contributed by atoms with E-state index in [2.05, 4.69) is 18.2 Å². The first-order chi connectivity index (χ1) is 13.1. The maximum atomic E-state index is 10.7. The highest BCUT2D eigenvalue weighted by atomic mass is 16.3. The molecule has 138 valence electrons. The molecule has 6 rings (SSSR count). The molecular weight excluding hydrogens is 332 g/mol. The van der Waals surface area contributed by atoms with Gasteiger partial charge in [-0.2, -0.15) is 0 Å². The number of rotatable bonds is 4. The fraction of sp³-hybridized carbons (Fsp3) is 0.400. The first-order valence-electron chi connectivity index (χ1n) is 10.2. The maximum absolute atomic E-state index is 10.7. The Kier molecular flexibility index (Phi) is 3.96. The highest BCUT2D eigenvalue weighted by Gasteiger charge is 2.52. The number of hydrogen-bond donors (Lipinski definition) is 1. The minimum atomic E-state index is 0.196. The van der Waals surface area contributed by atoms with E-state index in [1.54, 1.807) is 0 Å². The van der Waals surface area contributed by atoms with Crippen molar-refractivity contribution in [3.8, 4) is 16.9 Å². The van der Waals surface area contributed by atoms with E-state index < -0.39 is 0 Å². The van der Waals surface area contributed by atoms with Gasteiger partial charge in [-0.15, -0.1) is 0 Å². The average molecular weight is 358 g/mol. The van der Waals surface area contributed by atoms with Crippen LogP contribution in [-0.2, 0) is 10.2 Å². The Labute approximate surface area is 160 Å². The van der Waals surface area contributed by atoms with Crippen LogP contribution in [0.5, 0.6) is 5.75 Å². The second kappa shape index (κ2) is 6.37. The van der Waals surface area contributed by atoms with Crippen LogP contribution < -0.4 is 0 Å². The predicted octanol–water partition coefficient (Wildman–Crippen LogP) is 5.74. The van der Waals surface area contributed by atoms with Crippen molar-refractivity contribution in [2.24, 2.45) is 17.8 Å². The summed E-state index contributed by atoms with van der Waals surface area (Å²) in [6, 6.07) is 14.4. The zero-order valence-electron chi connectivity index (χ0n) is 15.6. The van der Waals surface area contributed by atoms with E-state index in [0.29, 0.717) is 5.75 Å². The molecule has 1 N–H and O–H groups in total. The van der Waals surface area contributed by atoms with Crippen LogP contribution in [0.1, 0.15) is 49.7 Å². The lowest BCUT2D eigenvalue weighted by molar-refractivity contribution is -0.104. The molecule has 4 aliphatic rings. The van der Waals surface area contributed by atoms with Crippen LogP contribution in [-0.4, -0.2) is 11.4 Å². The number of carbonyl (C=O) groups excluding carboxylic acids is 1. The summed E-state index contributed by atoms with van der Waals surface area (Å²) in [4.78, 5) is 10.5. The third kappa shape index (κ3) is 2.92. The summed E-state index contributed by atoms with van der Waals surface area (Å²) in [6.07, 6.45) is 12.1. The van der Waals surface area contributed by atoms with Crippen LogP contribution in [0.3, 0.4) is 0 Å². The Hall–Kier alpha value is -2.35. The lowest BCUT2D eigenvalue weighted by Gasteiger charge is -2.57. The minimum absolute atomic E-state index is 0.196. The first-order valence-corrected chi connectivity index (χ1v) is 10.2. The van der Waals surface area contributed by atoms with Gasteiger partial charge in [0.05, 0.1) is 0 Å². The van der Waals surface area contributed by atoms with E-state index >= 15 is 0 Å². The third-order valence-electron chi connectivity index (χ3n) is 7.22. The molecule has 4 saturated carbocycles. The van der Waals surface area contributed by atoms with Crippen molar-refractivity contribution < 1.29 is 9.90 Å². The summed E-state index contributed by atoms with van der Waals surface area (Å²) in [5.41, 5.74) is 4.73. The van der Waals surface area contributed by atoms with Crippen LogP contribution in [0.4, 0.5) is 0 Å². The quantitative estimate of drug-likeness (QED) is 0.559. The molecule has 0 radical (unpaired) electrons. The first kappa shape index (κ1) is 16.8. The van der Waals surface area contributed by atoms with Crippen LogP contribution in [0, 0.1) is 17.8 Å². The molecule has 4 aliphatic carbocycles. The van der Waals surface area contributed by atoms with Gasteiger partial charge in [0.1, 0.15) is 12.0 Å². The number of allylic oxidation sites excluding steroid dienone is 1. The van der Waals surface area contributed by atoms with Gasteiger partial charge in [0.2, 0.25) is 0 Å². The van der Waals surface area contributed by atoms with Crippen LogP contribution in [0.2, 0.25) is 0 Å². The molecule has 0 aromatic heterocycles. The van der Waals surface area contributed by atoms with E-state index in [9.17, 15) is 9.90 Å². The largest absolute Gasteiger partial charge is 0.508 e. The molecule has 2 aromatic rings. The van der Waals surface area contributed by atoms with Gasteiger partial charge < -0.3 is 5.11 Å². The molecule has 0 saturated heterocycles. The van der Waals surface area contributed by atoms with Gasteiger partial charge in [0.25, 0.3) is 0 Å². The molecule has 4 bridgehead atoms. The SMILES string of the molecule is O=C/C=C/c1ccc(-c2ccc(O)c(C34CC5CC(CC(C5)C3)C4)c2)cc1. The maximum Gasteiger partial charge on any atom is 0.142 e. The fourth-order valence-corrected chi connectivity index (χ4v) is 6.52. The van der Waals surface area contributed by atoms with E-state index in [4.69, 9.17) is 0 Å². The molecule has 2 nitrogen and oxygen atoms in total. The number of phenolic OH excluding ortho intramolecular Hbond substituents is 1. The summed E-state index contributed by atoms with van der Waals surface area (Å²) in [5, 5.41) is 10.7. The molecule has 0 spiro atoms. The number of aromatic hydroxyl groups is 1. The Morgan fingerprint density at radius 1 is 0.852 bits per heavy atom. The number of hydrogen-bond acceptors (Lipinski definition) is 2. The van der Waals surface area contributed by atoms with Gasteiger partial charge in [0.15, 0.2) is 0 Å². The van der Waals surface area contributed by atoms with Gasteiger partial charge in [-0.3, -0.25) is 4.79 Å². The van der Waals surface area contributed by atoms with E-state index in [1.807, 2.05) is 30.3 Å². The number of carbonyl (C=O) groups is 1. The highest BCUT2D eigenvalue weighted by Crippen LogP contribution is 2.62. The van der Waals surface area contributed by atoms with Crippen molar-refractivity contribution in [3.05, 3.63) is 59.7 Å². The van der Waals surface area contributed by atoms with Crippen LogP contribution >= 0.6 is 0 Å². The summed E-state index contributed by atoms with van der Waals surface area (Å²) < 4.78 is 0. The fourth-order valence-electron chi connectivity index (χ4n) is 6.52. The standard InChI is InChI=1S/C25H26O2/c26-9-1-2-17-3-5-21(6-4-17)22-7-8-24(27)23(13-22)25-14-18-10-19(15-25)12-20(11-18)16-25/h1-9,13,18-20,27H,10-12,14-16H2/b2-1+. The Bertz CT molecular complexity index is 856. The van der Waals surface area contributed by atoms with Gasteiger partial charge >= 0.3 is 0 Å². The van der Waals surface area contributed by atoms with E-state index in [1.165, 1.54) is 55.7 Å². The van der Waals surface area contributed by atoms with Gasteiger partial charge in [-0.05, 0) is 96.6 Å². The van der Waals surface area contributed by atoms with Gasteiger partial charge in [0, 0.05) is 5.56 Å². The number of benzene rings is 2. The summed E-state index contributed by atoms with van der Waals surface area (Å²) in [7, 11) is 0. The lowest BCUT2D eigenvalue weighted by Crippen LogP contribution is -2.48. The van der Waals surface area contributed by atoms with Gasteiger partial charge in [-0.1, -0.05) is 36.4 Å². The molecule has 2 heteroatoms. The van der Waals surface area contributed by atoms with E-state index in [-0.39, 0.29) is 5.41 Å². The van der Waals surface area contributed by atoms with Crippen molar-refractivity contribution in [2.45, 2.75) is 43.9 Å². The van der Waals surface area contributed by atoms with E-state index in [0.717, 1.165) is 35.2 Å².